The Labute approximate surface area is 119 Å². The van der Waals surface area contributed by atoms with Crippen LogP contribution in [-0.4, -0.2) is 53.2 Å². The van der Waals surface area contributed by atoms with Crippen molar-refractivity contribution in [3.05, 3.63) is 33.3 Å². The number of hydrogen-bond donors (Lipinski definition) is 2. The van der Waals surface area contributed by atoms with E-state index in [1.54, 1.807) is 0 Å². The number of halogens is 1. The third-order valence-electron chi connectivity index (χ3n) is 2.96. The van der Waals surface area contributed by atoms with Gasteiger partial charge in [-0.3, -0.25) is 10.1 Å². The van der Waals surface area contributed by atoms with Gasteiger partial charge in [-0.15, -0.1) is 0 Å². The van der Waals surface area contributed by atoms with Crippen molar-refractivity contribution in [2.24, 2.45) is 0 Å². The Kier molecular flexibility index (Phi) is 3.98. The zero-order valence-electron chi connectivity index (χ0n) is 10.0. The number of nitrogens with zero attached hydrogens (tertiary/aromatic N) is 2. The van der Waals surface area contributed by atoms with Gasteiger partial charge in [0, 0.05) is 24.2 Å². The number of β-amino-alcohol motifs (C(OH)–C–C–N with tert-alkyl or cyclic N) is 2. The van der Waals surface area contributed by atoms with E-state index in [4.69, 9.17) is 11.6 Å². The van der Waals surface area contributed by atoms with Crippen molar-refractivity contribution in [3.63, 3.8) is 0 Å². The molecular formula is C10H11ClN2O6S. The highest BCUT2D eigenvalue weighted by molar-refractivity contribution is 7.89. The first-order valence-electron chi connectivity index (χ1n) is 5.53. The molecule has 0 saturated carbocycles. The lowest BCUT2D eigenvalue weighted by Gasteiger charge is -2.15. The summed E-state index contributed by atoms with van der Waals surface area (Å²) in [5, 5.41) is 29.7. The molecule has 1 aromatic rings. The van der Waals surface area contributed by atoms with E-state index in [1.165, 1.54) is 6.07 Å². The van der Waals surface area contributed by atoms with Crippen LogP contribution in [0.25, 0.3) is 0 Å². The van der Waals surface area contributed by atoms with E-state index in [1.807, 2.05) is 0 Å². The molecule has 0 spiro atoms. The van der Waals surface area contributed by atoms with Gasteiger partial charge in [0.05, 0.1) is 17.1 Å². The Morgan fingerprint density at radius 3 is 2.35 bits per heavy atom. The average Bonchev–Trinajstić information content (AvgIpc) is 2.70. The van der Waals surface area contributed by atoms with Crippen LogP contribution in [0.2, 0.25) is 5.02 Å². The Balaban J connectivity index is 2.48. The molecule has 0 aromatic heterocycles. The maximum Gasteiger partial charge on any atom is 0.290 e. The molecule has 0 bridgehead atoms. The van der Waals surface area contributed by atoms with Crippen LogP contribution in [0.3, 0.4) is 0 Å². The third-order valence-corrected chi connectivity index (χ3v) is 5.08. The van der Waals surface area contributed by atoms with Gasteiger partial charge < -0.3 is 10.2 Å². The fourth-order valence-electron chi connectivity index (χ4n) is 1.92. The topological polar surface area (TPSA) is 121 Å². The Morgan fingerprint density at radius 1 is 1.30 bits per heavy atom. The summed E-state index contributed by atoms with van der Waals surface area (Å²) in [5.41, 5.74) is -0.645. The van der Waals surface area contributed by atoms with Crippen molar-refractivity contribution in [3.8, 4) is 0 Å². The molecule has 0 amide bonds. The van der Waals surface area contributed by atoms with Crippen molar-refractivity contribution in [2.75, 3.05) is 13.1 Å². The Hall–Kier alpha value is -1.26. The molecule has 2 rings (SSSR count). The van der Waals surface area contributed by atoms with Crippen molar-refractivity contribution in [2.45, 2.75) is 17.1 Å². The maximum atomic E-state index is 12.3. The molecule has 1 aromatic carbocycles. The van der Waals surface area contributed by atoms with Crippen LogP contribution < -0.4 is 0 Å². The highest BCUT2D eigenvalue weighted by Crippen LogP contribution is 2.31. The van der Waals surface area contributed by atoms with Gasteiger partial charge in [0.15, 0.2) is 4.90 Å². The lowest BCUT2D eigenvalue weighted by atomic mass is 10.3. The third kappa shape index (κ3) is 2.63. The minimum Gasteiger partial charge on any atom is -0.389 e. The van der Waals surface area contributed by atoms with Gasteiger partial charge >= 0.3 is 0 Å². The molecule has 2 atom stereocenters. The summed E-state index contributed by atoms with van der Waals surface area (Å²) in [7, 11) is -4.18. The molecule has 10 heteroatoms. The molecule has 1 aliphatic rings. The van der Waals surface area contributed by atoms with Gasteiger partial charge in [-0.2, -0.15) is 4.31 Å². The zero-order chi connectivity index (χ0) is 15.1. The summed E-state index contributed by atoms with van der Waals surface area (Å²) in [6.07, 6.45) is -2.42. The maximum absolute atomic E-state index is 12.3. The van der Waals surface area contributed by atoms with Crippen LogP contribution in [0.5, 0.6) is 0 Å². The minimum atomic E-state index is -4.18. The second-order valence-corrected chi connectivity index (χ2v) is 6.67. The van der Waals surface area contributed by atoms with Gasteiger partial charge in [0.2, 0.25) is 10.0 Å². The summed E-state index contributed by atoms with van der Waals surface area (Å²) in [4.78, 5) is 9.56. The van der Waals surface area contributed by atoms with Crippen molar-refractivity contribution >= 4 is 27.3 Å². The van der Waals surface area contributed by atoms with Gasteiger partial charge in [-0.05, 0) is 12.1 Å². The number of aliphatic hydroxyl groups is 2. The van der Waals surface area contributed by atoms with E-state index in [0.717, 1.165) is 16.4 Å². The molecular weight excluding hydrogens is 312 g/mol. The molecule has 1 saturated heterocycles. The van der Waals surface area contributed by atoms with E-state index >= 15 is 0 Å². The van der Waals surface area contributed by atoms with Crippen molar-refractivity contribution < 1.29 is 23.6 Å². The van der Waals surface area contributed by atoms with E-state index in [-0.39, 0.29) is 18.1 Å². The molecule has 2 unspecified atom stereocenters. The molecule has 0 radical (unpaired) electrons. The van der Waals surface area contributed by atoms with Crippen LogP contribution in [0.1, 0.15) is 0 Å². The lowest BCUT2D eigenvalue weighted by Crippen LogP contribution is -2.30. The molecule has 0 aliphatic carbocycles. The summed E-state index contributed by atoms with van der Waals surface area (Å²) < 4.78 is 25.4. The molecule has 20 heavy (non-hydrogen) atoms. The molecule has 2 N–H and O–H groups in total. The predicted molar refractivity (Wildman–Crippen MR) is 68.9 cm³/mol. The smallest absolute Gasteiger partial charge is 0.290 e. The fraction of sp³-hybridized carbons (Fsp3) is 0.400. The van der Waals surface area contributed by atoms with Gasteiger partial charge in [-0.1, -0.05) is 11.6 Å². The summed E-state index contributed by atoms with van der Waals surface area (Å²) >= 11 is 5.62. The minimum absolute atomic E-state index is 0.0390. The highest BCUT2D eigenvalue weighted by atomic mass is 35.5. The molecule has 1 fully saturated rings. The largest absolute Gasteiger partial charge is 0.389 e. The summed E-state index contributed by atoms with van der Waals surface area (Å²) in [6, 6.07) is 3.20. The number of sulfonamides is 1. The quantitative estimate of drug-likeness (QED) is 0.595. The van der Waals surface area contributed by atoms with Crippen molar-refractivity contribution in [1.29, 1.82) is 0 Å². The van der Waals surface area contributed by atoms with Gasteiger partial charge in [-0.25, -0.2) is 8.42 Å². The first kappa shape index (κ1) is 15.1. The second kappa shape index (κ2) is 5.26. The van der Waals surface area contributed by atoms with Crippen LogP contribution in [-0.2, 0) is 10.0 Å². The van der Waals surface area contributed by atoms with Crippen LogP contribution in [0.15, 0.2) is 23.1 Å². The first-order chi connectivity index (χ1) is 9.23. The molecule has 1 aliphatic heterocycles. The highest BCUT2D eigenvalue weighted by Gasteiger charge is 2.40. The summed E-state index contributed by atoms with van der Waals surface area (Å²) in [5.74, 6) is 0. The van der Waals surface area contributed by atoms with E-state index in [0.29, 0.717) is 0 Å². The Morgan fingerprint density at radius 2 is 1.85 bits per heavy atom. The second-order valence-electron chi connectivity index (χ2n) is 4.33. The number of nitro groups is 1. The van der Waals surface area contributed by atoms with Crippen LogP contribution in [0, 0.1) is 10.1 Å². The standard InChI is InChI=1S/C10H11ClN2O6S/c11-6-1-2-10(7(3-6)13(16)17)20(18,19)12-4-8(14)9(15)5-12/h1-3,8-9,14-15H,4-5H2. The first-order valence-corrected chi connectivity index (χ1v) is 7.35. The van der Waals surface area contributed by atoms with Crippen LogP contribution >= 0.6 is 11.6 Å². The SMILES string of the molecule is O=[N+]([O-])c1cc(Cl)ccc1S(=O)(=O)N1CC(O)C(O)C1. The lowest BCUT2D eigenvalue weighted by molar-refractivity contribution is -0.387. The van der Waals surface area contributed by atoms with E-state index < -0.39 is 37.7 Å². The predicted octanol–water partition coefficient (Wildman–Crippen LogP) is -0.0257. The normalized spacial score (nSPS) is 23.9. The number of benzene rings is 1. The van der Waals surface area contributed by atoms with Crippen LogP contribution in [0.4, 0.5) is 5.69 Å². The molecule has 1 heterocycles. The molecule has 8 nitrogen and oxygen atoms in total. The Bertz CT molecular complexity index is 639. The number of aliphatic hydroxyl groups excluding tert-OH is 2. The van der Waals surface area contributed by atoms with Gasteiger partial charge in [0.1, 0.15) is 0 Å². The zero-order valence-corrected chi connectivity index (χ0v) is 11.6. The number of rotatable bonds is 3. The van der Waals surface area contributed by atoms with E-state index in [9.17, 15) is 28.7 Å². The van der Waals surface area contributed by atoms with Gasteiger partial charge in [0.25, 0.3) is 5.69 Å². The monoisotopic (exact) mass is 322 g/mol. The van der Waals surface area contributed by atoms with Crippen molar-refractivity contribution in [1.82, 2.24) is 4.31 Å². The molecule has 110 valence electrons. The fourth-order valence-corrected chi connectivity index (χ4v) is 3.70. The number of nitro benzene ring substituents is 1. The van der Waals surface area contributed by atoms with E-state index in [2.05, 4.69) is 0 Å². The summed E-state index contributed by atoms with van der Waals surface area (Å²) in [6.45, 7) is -0.632. The average molecular weight is 323 g/mol. The number of hydrogen-bond acceptors (Lipinski definition) is 6.